The molecule has 0 spiro atoms. The van der Waals surface area contributed by atoms with Crippen LogP contribution in [0.2, 0.25) is 0 Å². The normalized spacial score (nSPS) is 24.0. The molecular weight excluding hydrogens is 164 g/mol. The van der Waals surface area contributed by atoms with E-state index in [4.69, 9.17) is 15.9 Å². The minimum absolute atomic E-state index is 0.0180. The van der Waals surface area contributed by atoms with Gasteiger partial charge in [-0.05, 0) is 37.8 Å². The first-order valence-electron chi connectivity index (χ1n) is 4.69. The van der Waals surface area contributed by atoms with Crippen molar-refractivity contribution in [3.8, 4) is 12.3 Å². The van der Waals surface area contributed by atoms with E-state index in [1.807, 2.05) is 13.0 Å². The fraction of sp³-hybridized carbons (Fsp3) is 0.636. The van der Waals surface area contributed by atoms with Gasteiger partial charge in [0, 0.05) is 6.61 Å². The summed E-state index contributed by atoms with van der Waals surface area (Å²) in [4.78, 5) is 0. The summed E-state index contributed by atoms with van der Waals surface area (Å²) >= 11 is 0. The Bertz CT molecular complexity index is 207. The molecule has 0 aromatic carbocycles. The number of terminal acetylenes is 1. The van der Waals surface area contributed by atoms with Crippen molar-refractivity contribution in [2.75, 3.05) is 13.2 Å². The van der Waals surface area contributed by atoms with Crippen LogP contribution in [0.4, 0.5) is 0 Å². The van der Waals surface area contributed by atoms with Crippen molar-refractivity contribution < 1.29 is 9.47 Å². The Morgan fingerprint density at radius 1 is 1.69 bits per heavy atom. The molecule has 72 valence electrons. The van der Waals surface area contributed by atoms with Crippen LogP contribution in [0.1, 0.15) is 26.2 Å². The molecule has 1 saturated heterocycles. The molecule has 1 heterocycles. The summed E-state index contributed by atoms with van der Waals surface area (Å²) in [6.07, 6.45) is 10.4. The maximum atomic E-state index is 5.46. The van der Waals surface area contributed by atoms with E-state index in [1.54, 1.807) is 0 Å². The predicted molar refractivity (Wildman–Crippen MR) is 52.1 cm³/mol. The van der Waals surface area contributed by atoms with Crippen LogP contribution in [0.5, 0.6) is 0 Å². The van der Waals surface area contributed by atoms with Gasteiger partial charge >= 0.3 is 0 Å². The van der Waals surface area contributed by atoms with Gasteiger partial charge in [0.25, 0.3) is 0 Å². The summed E-state index contributed by atoms with van der Waals surface area (Å²) in [7, 11) is 0. The largest absolute Gasteiger partial charge is 0.353 e. The van der Waals surface area contributed by atoms with Crippen LogP contribution < -0.4 is 0 Å². The molecule has 1 atom stereocenters. The number of rotatable bonds is 3. The molecule has 1 fully saturated rings. The number of allylic oxidation sites excluding steroid dienone is 1. The highest BCUT2D eigenvalue weighted by atomic mass is 16.7. The highest BCUT2D eigenvalue weighted by Gasteiger charge is 2.12. The lowest BCUT2D eigenvalue weighted by Crippen LogP contribution is -2.22. The van der Waals surface area contributed by atoms with Crippen molar-refractivity contribution in [3.63, 3.8) is 0 Å². The van der Waals surface area contributed by atoms with Gasteiger partial charge < -0.3 is 9.47 Å². The van der Waals surface area contributed by atoms with Crippen LogP contribution in [0, 0.1) is 12.3 Å². The molecule has 1 aliphatic rings. The Morgan fingerprint density at radius 2 is 2.54 bits per heavy atom. The molecule has 2 heteroatoms. The SMILES string of the molecule is C#C/C(C)=C\COC1CCCCO1. The predicted octanol–water partition coefficient (Wildman–Crippen LogP) is 2.11. The quantitative estimate of drug-likeness (QED) is 0.619. The van der Waals surface area contributed by atoms with E-state index in [0.717, 1.165) is 25.0 Å². The van der Waals surface area contributed by atoms with Gasteiger partial charge in [-0.15, -0.1) is 6.42 Å². The summed E-state index contributed by atoms with van der Waals surface area (Å²) in [6, 6.07) is 0. The van der Waals surface area contributed by atoms with E-state index in [0.29, 0.717) is 6.61 Å². The molecule has 0 N–H and O–H groups in total. The van der Waals surface area contributed by atoms with Gasteiger partial charge in [0.05, 0.1) is 6.61 Å². The van der Waals surface area contributed by atoms with Crippen LogP contribution in [-0.4, -0.2) is 19.5 Å². The van der Waals surface area contributed by atoms with Crippen LogP contribution in [-0.2, 0) is 9.47 Å². The molecule has 0 bridgehead atoms. The second-order valence-corrected chi connectivity index (χ2v) is 3.16. The zero-order valence-electron chi connectivity index (χ0n) is 8.08. The average molecular weight is 180 g/mol. The zero-order chi connectivity index (χ0) is 9.52. The lowest BCUT2D eigenvalue weighted by Gasteiger charge is -2.21. The van der Waals surface area contributed by atoms with Gasteiger partial charge in [0.15, 0.2) is 6.29 Å². The van der Waals surface area contributed by atoms with Crippen LogP contribution in [0.3, 0.4) is 0 Å². The number of hydrogen-bond donors (Lipinski definition) is 0. The van der Waals surface area contributed by atoms with Crippen molar-refractivity contribution >= 4 is 0 Å². The number of hydrogen-bond acceptors (Lipinski definition) is 2. The Balaban J connectivity index is 2.15. The maximum Gasteiger partial charge on any atom is 0.157 e. The van der Waals surface area contributed by atoms with Gasteiger partial charge in [-0.3, -0.25) is 0 Å². The first-order chi connectivity index (χ1) is 6.33. The minimum atomic E-state index is -0.0180. The molecule has 1 unspecified atom stereocenters. The van der Waals surface area contributed by atoms with Crippen LogP contribution >= 0.6 is 0 Å². The smallest absolute Gasteiger partial charge is 0.157 e. The van der Waals surface area contributed by atoms with E-state index in [-0.39, 0.29) is 6.29 Å². The molecule has 0 aliphatic carbocycles. The maximum absolute atomic E-state index is 5.46. The number of ether oxygens (including phenoxy) is 2. The van der Waals surface area contributed by atoms with E-state index in [2.05, 4.69) is 5.92 Å². The monoisotopic (exact) mass is 180 g/mol. The van der Waals surface area contributed by atoms with Crippen LogP contribution in [0.25, 0.3) is 0 Å². The molecule has 0 saturated carbocycles. The third-order valence-electron chi connectivity index (χ3n) is 2.04. The summed E-state index contributed by atoms with van der Waals surface area (Å²) < 4.78 is 10.9. The summed E-state index contributed by atoms with van der Waals surface area (Å²) in [5.74, 6) is 2.54. The summed E-state index contributed by atoms with van der Waals surface area (Å²) in [5, 5.41) is 0. The minimum Gasteiger partial charge on any atom is -0.353 e. The van der Waals surface area contributed by atoms with Gasteiger partial charge in [-0.1, -0.05) is 5.92 Å². The van der Waals surface area contributed by atoms with E-state index in [9.17, 15) is 0 Å². The van der Waals surface area contributed by atoms with E-state index < -0.39 is 0 Å². The molecule has 1 rings (SSSR count). The fourth-order valence-electron chi connectivity index (χ4n) is 1.18. The van der Waals surface area contributed by atoms with Crippen molar-refractivity contribution in [2.45, 2.75) is 32.5 Å². The van der Waals surface area contributed by atoms with Crippen molar-refractivity contribution in [1.29, 1.82) is 0 Å². The zero-order valence-corrected chi connectivity index (χ0v) is 8.08. The highest BCUT2D eigenvalue weighted by Crippen LogP contribution is 2.13. The molecule has 2 nitrogen and oxygen atoms in total. The van der Waals surface area contributed by atoms with Crippen molar-refractivity contribution in [2.24, 2.45) is 0 Å². The second-order valence-electron chi connectivity index (χ2n) is 3.16. The Hall–Kier alpha value is -0.780. The Morgan fingerprint density at radius 3 is 3.15 bits per heavy atom. The molecule has 0 aromatic rings. The van der Waals surface area contributed by atoms with Gasteiger partial charge in [0.2, 0.25) is 0 Å². The molecule has 13 heavy (non-hydrogen) atoms. The summed E-state index contributed by atoms with van der Waals surface area (Å²) in [6.45, 7) is 3.27. The van der Waals surface area contributed by atoms with Crippen molar-refractivity contribution in [3.05, 3.63) is 11.6 Å². The first-order valence-corrected chi connectivity index (χ1v) is 4.69. The first kappa shape index (κ1) is 10.3. The third kappa shape index (κ3) is 4.12. The van der Waals surface area contributed by atoms with Crippen LogP contribution in [0.15, 0.2) is 11.6 Å². The molecule has 1 aliphatic heterocycles. The Labute approximate surface area is 79.9 Å². The third-order valence-corrected chi connectivity index (χ3v) is 2.04. The van der Waals surface area contributed by atoms with E-state index >= 15 is 0 Å². The molecule has 0 radical (unpaired) electrons. The lowest BCUT2D eigenvalue weighted by molar-refractivity contribution is -0.155. The topological polar surface area (TPSA) is 18.5 Å². The fourth-order valence-corrected chi connectivity index (χ4v) is 1.18. The highest BCUT2D eigenvalue weighted by molar-refractivity contribution is 5.22. The van der Waals surface area contributed by atoms with E-state index in [1.165, 1.54) is 6.42 Å². The summed E-state index contributed by atoms with van der Waals surface area (Å²) in [5.41, 5.74) is 0.913. The Kier molecular flexibility index (Phi) is 4.59. The van der Waals surface area contributed by atoms with Gasteiger partial charge in [-0.25, -0.2) is 0 Å². The second kappa shape index (κ2) is 5.80. The standard InChI is InChI=1S/C11H16O2/c1-3-10(2)7-9-13-11-6-4-5-8-12-11/h1,7,11H,4-6,8-9H2,2H3/b10-7-. The molecular formula is C11H16O2. The van der Waals surface area contributed by atoms with Gasteiger partial charge in [-0.2, -0.15) is 0 Å². The lowest BCUT2D eigenvalue weighted by atomic mass is 10.2. The molecule has 0 aromatic heterocycles. The average Bonchev–Trinajstić information content (AvgIpc) is 2.19. The van der Waals surface area contributed by atoms with Gasteiger partial charge in [0.1, 0.15) is 0 Å². The molecule has 0 amide bonds. The van der Waals surface area contributed by atoms with Crippen molar-refractivity contribution in [1.82, 2.24) is 0 Å².